The maximum absolute atomic E-state index is 11.8. The molecule has 2 rings (SSSR count). The standard InChI is InChI=1S/C29H47N3O/c1-4-5-6-7-8-9-10-11-12-13-14-15-16-19-24-32-27-21-18-17-20-26(27)31-28(32)22-23-30-29(33)25(2)3/h17-18,20-21H,2,4-16,19,22-24H2,1,3H3,(H,30,33). The average molecular weight is 454 g/mol. The smallest absolute Gasteiger partial charge is 0.246 e. The van der Waals surface area contributed by atoms with E-state index in [1.807, 2.05) is 6.07 Å². The third-order valence-electron chi connectivity index (χ3n) is 6.49. The van der Waals surface area contributed by atoms with Crippen LogP contribution in [0.3, 0.4) is 0 Å². The summed E-state index contributed by atoms with van der Waals surface area (Å²) in [6.07, 6.45) is 20.0. The van der Waals surface area contributed by atoms with Crippen LogP contribution in [0.25, 0.3) is 11.0 Å². The fourth-order valence-electron chi connectivity index (χ4n) is 4.47. The highest BCUT2D eigenvalue weighted by molar-refractivity contribution is 5.92. The number of rotatable bonds is 19. The molecule has 4 nitrogen and oxygen atoms in total. The first-order chi connectivity index (χ1) is 16.1. The van der Waals surface area contributed by atoms with Gasteiger partial charge in [0.05, 0.1) is 11.0 Å². The van der Waals surface area contributed by atoms with Gasteiger partial charge in [-0.25, -0.2) is 4.98 Å². The van der Waals surface area contributed by atoms with Crippen LogP contribution < -0.4 is 5.32 Å². The van der Waals surface area contributed by atoms with Gasteiger partial charge in [0, 0.05) is 25.1 Å². The van der Waals surface area contributed by atoms with Crippen LogP contribution in [0.4, 0.5) is 0 Å². The van der Waals surface area contributed by atoms with Crippen LogP contribution in [-0.4, -0.2) is 22.0 Å². The van der Waals surface area contributed by atoms with Gasteiger partial charge in [0.15, 0.2) is 0 Å². The molecule has 0 radical (unpaired) electrons. The highest BCUT2D eigenvalue weighted by Crippen LogP contribution is 2.18. The number of unbranched alkanes of at least 4 members (excludes halogenated alkanes) is 13. The van der Waals surface area contributed by atoms with Crippen LogP contribution in [0.1, 0.15) is 110 Å². The third kappa shape index (κ3) is 10.6. The summed E-state index contributed by atoms with van der Waals surface area (Å²) >= 11 is 0. The lowest BCUT2D eigenvalue weighted by atomic mass is 10.0. The van der Waals surface area contributed by atoms with Crippen LogP contribution in [-0.2, 0) is 17.8 Å². The van der Waals surface area contributed by atoms with E-state index in [1.165, 1.54) is 95.4 Å². The molecule has 0 saturated heterocycles. The lowest BCUT2D eigenvalue weighted by Crippen LogP contribution is -2.26. The number of nitrogens with one attached hydrogen (secondary N) is 1. The fourth-order valence-corrected chi connectivity index (χ4v) is 4.47. The third-order valence-corrected chi connectivity index (χ3v) is 6.49. The molecule has 0 unspecified atom stereocenters. The first-order valence-electron chi connectivity index (χ1n) is 13.5. The number of fused-ring (bicyclic) bond motifs is 1. The van der Waals surface area contributed by atoms with Gasteiger partial charge in [0.1, 0.15) is 5.82 Å². The van der Waals surface area contributed by atoms with Crippen molar-refractivity contribution in [1.29, 1.82) is 0 Å². The first-order valence-corrected chi connectivity index (χ1v) is 13.5. The Morgan fingerprint density at radius 3 is 2.00 bits per heavy atom. The largest absolute Gasteiger partial charge is 0.352 e. The molecule has 1 amide bonds. The number of carbonyl (C=O) groups is 1. The predicted molar refractivity (Wildman–Crippen MR) is 142 cm³/mol. The number of aromatic nitrogens is 2. The summed E-state index contributed by atoms with van der Waals surface area (Å²) in [6.45, 7) is 9.32. The summed E-state index contributed by atoms with van der Waals surface area (Å²) in [5.74, 6) is 0.984. The van der Waals surface area contributed by atoms with E-state index in [4.69, 9.17) is 4.98 Å². The minimum atomic E-state index is -0.0790. The Balaban J connectivity index is 1.62. The van der Waals surface area contributed by atoms with Gasteiger partial charge >= 0.3 is 0 Å². The lowest BCUT2D eigenvalue weighted by molar-refractivity contribution is -0.117. The minimum Gasteiger partial charge on any atom is -0.352 e. The molecule has 0 saturated carbocycles. The molecule has 184 valence electrons. The predicted octanol–water partition coefficient (Wildman–Crippen LogP) is 7.75. The number of hydrogen-bond acceptors (Lipinski definition) is 2. The molecule has 33 heavy (non-hydrogen) atoms. The van der Waals surface area contributed by atoms with Gasteiger partial charge in [0.2, 0.25) is 5.91 Å². The van der Waals surface area contributed by atoms with Gasteiger partial charge in [-0.15, -0.1) is 0 Å². The molecular weight excluding hydrogens is 406 g/mol. The zero-order valence-corrected chi connectivity index (χ0v) is 21.3. The molecule has 1 N–H and O–H groups in total. The average Bonchev–Trinajstić information content (AvgIpc) is 3.16. The van der Waals surface area contributed by atoms with Crippen molar-refractivity contribution < 1.29 is 4.79 Å². The molecule has 1 aromatic heterocycles. The minimum absolute atomic E-state index is 0.0790. The van der Waals surface area contributed by atoms with Gasteiger partial charge in [-0.1, -0.05) is 109 Å². The molecule has 0 aliphatic heterocycles. The van der Waals surface area contributed by atoms with Gasteiger partial charge in [0.25, 0.3) is 0 Å². The number of aryl methyl sites for hydroxylation is 1. The number of nitrogens with zero attached hydrogens (tertiary/aromatic N) is 2. The Morgan fingerprint density at radius 2 is 1.42 bits per heavy atom. The molecule has 1 heterocycles. The zero-order chi connectivity index (χ0) is 23.7. The van der Waals surface area contributed by atoms with E-state index in [1.54, 1.807) is 6.92 Å². The molecule has 0 bridgehead atoms. The van der Waals surface area contributed by atoms with Crippen LogP contribution in [0, 0.1) is 0 Å². The Morgan fingerprint density at radius 1 is 0.879 bits per heavy atom. The summed E-state index contributed by atoms with van der Waals surface area (Å²) in [5.41, 5.74) is 2.79. The number of carbonyl (C=O) groups excluding carboxylic acids is 1. The molecule has 0 spiro atoms. The summed E-state index contributed by atoms with van der Waals surface area (Å²) in [6, 6.07) is 8.35. The van der Waals surface area contributed by atoms with Gasteiger partial charge < -0.3 is 9.88 Å². The molecular formula is C29H47N3O. The number of amides is 1. The van der Waals surface area contributed by atoms with Crippen molar-refractivity contribution in [2.24, 2.45) is 0 Å². The lowest BCUT2D eigenvalue weighted by Gasteiger charge is -2.10. The molecule has 0 atom stereocenters. The van der Waals surface area contributed by atoms with Crippen molar-refractivity contribution >= 4 is 16.9 Å². The highest BCUT2D eigenvalue weighted by atomic mass is 16.1. The number of benzene rings is 1. The van der Waals surface area contributed by atoms with Crippen molar-refractivity contribution in [3.8, 4) is 0 Å². The summed E-state index contributed by atoms with van der Waals surface area (Å²) in [5, 5.41) is 2.93. The molecule has 0 fully saturated rings. The zero-order valence-electron chi connectivity index (χ0n) is 21.3. The second-order valence-corrected chi connectivity index (χ2v) is 9.55. The van der Waals surface area contributed by atoms with Crippen LogP contribution >= 0.6 is 0 Å². The second kappa shape index (κ2) is 16.5. The van der Waals surface area contributed by atoms with Crippen LogP contribution in [0.5, 0.6) is 0 Å². The SMILES string of the molecule is C=C(C)C(=O)NCCc1nc2ccccc2n1CCCCCCCCCCCCCCCC. The Bertz CT molecular complexity index is 823. The van der Waals surface area contributed by atoms with Crippen molar-refractivity contribution in [3.63, 3.8) is 0 Å². The Labute approximate surface area is 202 Å². The normalized spacial score (nSPS) is 11.2. The van der Waals surface area contributed by atoms with E-state index in [2.05, 4.69) is 41.6 Å². The van der Waals surface area contributed by atoms with Crippen molar-refractivity contribution in [3.05, 3.63) is 42.2 Å². The molecule has 4 heteroatoms. The molecule has 2 aromatic rings. The monoisotopic (exact) mass is 453 g/mol. The van der Waals surface area contributed by atoms with Crippen LogP contribution in [0.15, 0.2) is 36.4 Å². The quantitative estimate of drug-likeness (QED) is 0.174. The van der Waals surface area contributed by atoms with Gasteiger partial charge in [-0.3, -0.25) is 4.79 Å². The van der Waals surface area contributed by atoms with E-state index in [0.717, 1.165) is 24.3 Å². The van der Waals surface area contributed by atoms with Crippen LogP contribution in [0.2, 0.25) is 0 Å². The first kappa shape index (κ1) is 27.1. The maximum Gasteiger partial charge on any atom is 0.246 e. The molecule has 0 aliphatic rings. The number of hydrogen-bond donors (Lipinski definition) is 1. The van der Waals surface area contributed by atoms with Gasteiger partial charge in [-0.05, 0) is 25.5 Å². The van der Waals surface area contributed by atoms with E-state index in [-0.39, 0.29) is 5.91 Å². The topological polar surface area (TPSA) is 46.9 Å². The molecule has 1 aromatic carbocycles. The van der Waals surface area contributed by atoms with E-state index in [9.17, 15) is 4.79 Å². The fraction of sp³-hybridized carbons (Fsp3) is 0.655. The van der Waals surface area contributed by atoms with E-state index in [0.29, 0.717) is 12.1 Å². The summed E-state index contributed by atoms with van der Waals surface area (Å²) < 4.78 is 2.35. The van der Waals surface area contributed by atoms with Crippen molar-refractivity contribution in [2.75, 3.05) is 6.54 Å². The second-order valence-electron chi connectivity index (χ2n) is 9.55. The summed E-state index contributed by atoms with van der Waals surface area (Å²) in [4.78, 5) is 16.6. The Kier molecular flexibility index (Phi) is 13.6. The van der Waals surface area contributed by atoms with Gasteiger partial charge in [-0.2, -0.15) is 0 Å². The van der Waals surface area contributed by atoms with E-state index < -0.39 is 0 Å². The maximum atomic E-state index is 11.8. The van der Waals surface area contributed by atoms with Crippen molar-refractivity contribution in [2.45, 2.75) is 117 Å². The number of para-hydroxylation sites is 2. The highest BCUT2D eigenvalue weighted by Gasteiger charge is 2.11. The molecule has 0 aliphatic carbocycles. The number of imidazole rings is 1. The van der Waals surface area contributed by atoms with Crippen molar-refractivity contribution in [1.82, 2.24) is 14.9 Å². The summed E-state index contributed by atoms with van der Waals surface area (Å²) in [7, 11) is 0. The van der Waals surface area contributed by atoms with E-state index >= 15 is 0 Å². The Hall–Kier alpha value is -2.10.